The molecule has 0 bridgehead atoms. The van der Waals surface area contributed by atoms with Crippen LogP contribution in [0.25, 0.3) is 6.08 Å². The highest BCUT2D eigenvalue weighted by molar-refractivity contribution is 5.64. The second kappa shape index (κ2) is 6.15. The van der Waals surface area contributed by atoms with Crippen molar-refractivity contribution in [1.29, 1.82) is 0 Å². The van der Waals surface area contributed by atoms with E-state index in [-0.39, 0.29) is 6.79 Å². The Hall–Kier alpha value is -2.40. The van der Waals surface area contributed by atoms with E-state index in [2.05, 4.69) is 6.58 Å². The van der Waals surface area contributed by atoms with E-state index in [1.54, 1.807) is 12.1 Å². The van der Waals surface area contributed by atoms with Crippen LogP contribution in [-0.4, -0.2) is 13.5 Å². The Morgan fingerprint density at radius 3 is 2.77 bits per heavy atom. The van der Waals surface area contributed by atoms with Gasteiger partial charge in [-0.15, -0.1) is 0 Å². The molecular formula is C17H15F2NO2. The third-order valence-electron chi connectivity index (χ3n) is 3.46. The van der Waals surface area contributed by atoms with Crippen LogP contribution >= 0.6 is 0 Å². The molecule has 0 amide bonds. The van der Waals surface area contributed by atoms with E-state index in [9.17, 15) is 8.78 Å². The van der Waals surface area contributed by atoms with Gasteiger partial charge in [-0.05, 0) is 35.4 Å². The van der Waals surface area contributed by atoms with Crippen LogP contribution < -0.4 is 9.64 Å². The first-order valence-electron chi connectivity index (χ1n) is 6.83. The lowest BCUT2D eigenvalue weighted by molar-refractivity contribution is 0.0242. The molecule has 2 aromatic rings. The van der Waals surface area contributed by atoms with E-state index >= 15 is 0 Å². The Labute approximate surface area is 127 Å². The minimum atomic E-state index is -0.855. The largest absolute Gasteiger partial charge is 0.465 e. The highest BCUT2D eigenvalue weighted by Gasteiger charge is 2.17. The summed E-state index contributed by atoms with van der Waals surface area (Å²) in [6, 6.07) is 9.57. The summed E-state index contributed by atoms with van der Waals surface area (Å²) in [4.78, 5) is 1.90. The van der Waals surface area contributed by atoms with Crippen LogP contribution in [0.1, 0.15) is 11.1 Å². The number of ether oxygens (including phenoxy) is 2. The van der Waals surface area contributed by atoms with Crippen LogP contribution in [0.5, 0.6) is 5.75 Å². The number of hydrogen-bond acceptors (Lipinski definition) is 3. The normalized spacial score (nSPS) is 14.0. The highest BCUT2D eigenvalue weighted by atomic mass is 19.2. The van der Waals surface area contributed by atoms with Gasteiger partial charge in [-0.1, -0.05) is 24.8 Å². The van der Waals surface area contributed by atoms with Crippen molar-refractivity contribution in [1.82, 2.24) is 0 Å². The Morgan fingerprint density at radius 1 is 1.14 bits per heavy atom. The van der Waals surface area contributed by atoms with Crippen molar-refractivity contribution in [2.45, 2.75) is 6.54 Å². The molecule has 2 aromatic carbocycles. The average Bonchev–Trinajstić information content (AvgIpc) is 2.73. The van der Waals surface area contributed by atoms with E-state index in [1.807, 2.05) is 23.1 Å². The van der Waals surface area contributed by atoms with Crippen LogP contribution in [0.4, 0.5) is 14.5 Å². The van der Waals surface area contributed by atoms with Gasteiger partial charge < -0.3 is 14.4 Å². The third kappa shape index (κ3) is 2.94. The molecule has 0 saturated heterocycles. The minimum absolute atomic E-state index is 0.141. The Morgan fingerprint density at radius 2 is 2.00 bits per heavy atom. The highest BCUT2D eigenvalue weighted by Crippen LogP contribution is 2.32. The molecule has 114 valence electrons. The fourth-order valence-electron chi connectivity index (χ4n) is 2.35. The zero-order valence-electron chi connectivity index (χ0n) is 11.9. The van der Waals surface area contributed by atoms with Crippen LogP contribution in [0.15, 0.2) is 43.0 Å². The summed E-state index contributed by atoms with van der Waals surface area (Å²) < 4.78 is 37.3. The van der Waals surface area contributed by atoms with Crippen LogP contribution in [0.3, 0.4) is 0 Å². The smallest absolute Gasteiger partial charge is 0.191 e. The Bertz CT molecular complexity index is 703. The van der Waals surface area contributed by atoms with E-state index in [1.165, 1.54) is 6.07 Å². The van der Waals surface area contributed by atoms with Crippen molar-refractivity contribution < 1.29 is 18.3 Å². The maximum atomic E-state index is 13.3. The van der Waals surface area contributed by atoms with Gasteiger partial charge in [0.1, 0.15) is 12.5 Å². The molecule has 0 N–H and O–H groups in total. The molecule has 3 rings (SSSR count). The molecule has 1 heterocycles. The van der Waals surface area contributed by atoms with Gasteiger partial charge in [-0.3, -0.25) is 0 Å². The predicted octanol–water partition coefficient (Wildman–Crippen LogP) is 3.94. The number of rotatable bonds is 3. The molecule has 1 aliphatic heterocycles. The lowest BCUT2D eigenvalue weighted by Crippen LogP contribution is -2.24. The molecule has 0 radical (unpaired) electrons. The molecule has 0 atom stereocenters. The monoisotopic (exact) mass is 303 g/mol. The lowest BCUT2D eigenvalue weighted by atomic mass is 10.1. The van der Waals surface area contributed by atoms with Crippen molar-refractivity contribution in [3.05, 3.63) is 65.7 Å². The minimum Gasteiger partial charge on any atom is -0.465 e. The topological polar surface area (TPSA) is 21.7 Å². The molecule has 0 unspecified atom stereocenters. The SMILES string of the molecule is C=Cc1ccc2c(c1)OCOCN2Cc1ccc(F)c(F)c1. The molecule has 0 fully saturated rings. The lowest BCUT2D eigenvalue weighted by Gasteiger charge is -2.23. The van der Waals surface area contributed by atoms with E-state index in [4.69, 9.17) is 9.47 Å². The van der Waals surface area contributed by atoms with Gasteiger partial charge in [0.05, 0.1) is 5.69 Å². The molecule has 0 aliphatic carbocycles. The molecular weight excluding hydrogens is 288 g/mol. The predicted molar refractivity (Wildman–Crippen MR) is 80.5 cm³/mol. The summed E-state index contributed by atoms with van der Waals surface area (Å²) in [7, 11) is 0. The number of anilines is 1. The van der Waals surface area contributed by atoms with Crippen LogP contribution in [-0.2, 0) is 11.3 Å². The first-order valence-corrected chi connectivity index (χ1v) is 6.83. The van der Waals surface area contributed by atoms with Gasteiger partial charge in [0.2, 0.25) is 0 Å². The fourth-order valence-corrected chi connectivity index (χ4v) is 2.35. The quantitative estimate of drug-likeness (QED) is 0.857. The van der Waals surface area contributed by atoms with Gasteiger partial charge in [-0.25, -0.2) is 8.78 Å². The number of benzene rings is 2. The van der Waals surface area contributed by atoms with Crippen molar-refractivity contribution in [2.24, 2.45) is 0 Å². The number of hydrogen-bond donors (Lipinski definition) is 0. The van der Waals surface area contributed by atoms with E-state index in [0.717, 1.165) is 17.3 Å². The summed E-state index contributed by atoms with van der Waals surface area (Å²) in [6.45, 7) is 4.57. The van der Waals surface area contributed by atoms with Crippen molar-refractivity contribution >= 4 is 11.8 Å². The molecule has 22 heavy (non-hydrogen) atoms. The van der Waals surface area contributed by atoms with E-state index < -0.39 is 11.6 Å². The summed E-state index contributed by atoms with van der Waals surface area (Å²) in [5.74, 6) is -1.03. The van der Waals surface area contributed by atoms with Gasteiger partial charge in [0.15, 0.2) is 18.4 Å². The van der Waals surface area contributed by atoms with Gasteiger partial charge in [0.25, 0.3) is 0 Å². The number of nitrogens with zero attached hydrogens (tertiary/aromatic N) is 1. The summed E-state index contributed by atoms with van der Waals surface area (Å²) in [5.41, 5.74) is 2.43. The van der Waals surface area contributed by atoms with Crippen LogP contribution in [0, 0.1) is 11.6 Å². The molecule has 0 spiro atoms. The average molecular weight is 303 g/mol. The zero-order chi connectivity index (χ0) is 15.5. The summed E-state index contributed by atoms with van der Waals surface area (Å²) >= 11 is 0. The second-order valence-corrected chi connectivity index (χ2v) is 4.97. The standard InChI is InChI=1S/C17H15F2NO2/c1-2-12-4-6-16-17(8-12)22-11-21-10-20(16)9-13-3-5-14(18)15(19)7-13/h2-8H,1,9-11H2. The van der Waals surface area contributed by atoms with Gasteiger partial charge in [0, 0.05) is 6.54 Å². The maximum Gasteiger partial charge on any atom is 0.191 e. The number of halogens is 2. The molecule has 0 aromatic heterocycles. The van der Waals surface area contributed by atoms with Gasteiger partial charge in [-0.2, -0.15) is 0 Å². The van der Waals surface area contributed by atoms with Crippen LogP contribution in [0.2, 0.25) is 0 Å². The molecule has 1 aliphatic rings. The van der Waals surface area contributed by atoms with Crippen molar-refractivity contribution in [3.63, 3.8) is 0 Å². The maximum absolute atomic E-state index is 13.3. The molecule has 5 heteroatoms. The van der Waals surface area contributed by atoms with Crippen molar-refractivity contribution in [2.75, 3.05) is 18.4 Å². The first kappa shape index (κ1) is 14.5. The first-order chi connectivity index (χ1) is 10.7. The van der Waals surface area contributed by atoms with Gasteiger partial charge >= 0.3 is 0 Å². The second-order valence-electron chi connectivity index (χ2n) is 4.97. The molecule has 3 nitrogen and oxygen atoms in total. The fraction of sp³-hybridized carbons (Fsp3) is 0.176. The summed E-state index contributed by atoms with van der Waals surface area (Å²) in [5, 5.41) is 0. The third-order valence-corrected chi connectivity index (χ3v) is 3.46. The van der Waals surface area contributed by atoms with E-state index in [0.29, 0.717) is 24.6 Å². The Kier molecular flexibility index (Phi) is 4.06. The van der Waals surface area contributed by atoms with Crippen molar-refractivity contribution in [3.8, 4) is 5.75 Å². The molecule has 0 saturated carbocycles. The zero-order valence-corrected chi connectivity index (χ0v) is 11.9. The summed E-state index contributed by atoms with van der Waals surface area (Å²) in [6.07, 6.45) is 1.73. The Balaban J connectivity index is 1.90. The number of fused-ring (bicyclic) bond motifs is 1.